The normalized spacial score (nSPS) is 21.3. The van der Waals surface area contributed by atoms with Gasteiger partial charge in [-0.3, -0.25) is 14.5 Å². The maximum Gasteiger partial charge on any atom is 0.325 e. The topological polar surface area (TPSA) is 78.5 Å². The molecule has 1 aromatic carbocycles. The number of carbonyl (C=O) groups excluding carboxylic acids is 3. The van der Waals surface area contributed by atoms with Gasteiger partial charge in [0.15, 0.2) is 0 Å². The first-order valence-electron chi connectivity index (χ1n) is 8.37. The first-order chi connectivity index (χ1) is 12.9. The number of nitrogens with one attached hydrogen (secondary N) is 2. The van der Waals surface area contributed by atoms with Crippen LogP contribution < -0.4 is 10.6 Å². The summed E-state index contributed by atoms with van der Waals surface area (Å²) < 4.78 is 27.4. The van der Waals surface area contributed by atoms with E-state index in [4.69, 9.17) is 0 Å². The predicted octanol–water partition coefficient (Wildman–Crippen LogP) is 2.75. The number of amides is 4. The minimum atomic E-state index is -1.16. The zero-order valence-corrected chi connectivity index (χ0v) is 14.9. The standard InChI is InChI=1S/C18H15F2N3O3S/c19-11-3-1-4-12(20)15(11)21-14(24)9-23-16(25)18(22-17(23)26)7-2-5-13-10(18)6-8-27-13/h1,3-4,6,8H,2,5,7,9H2,(H,21,24)(H,22,26)/t18-/m0/s1. The number of nitrogens with zero attached hydrogens (tertiary/aromatic N) is 1. The summed E-state index contributed by atoms with van der Waals surface area (Å²) in [4.78, 5) is 39.4. The fraction of sp³-hybridized carbons (Fsp3) is 0.278. The average Bonchev–Trinajstić information content (AvgIpc) is 3.19. The number of halogens is 2. The van der Waals surface area contributed by atoms with Gasteiger partial charge in [-0.1, -0.05) is 6.07 Å². The van der Waals surface area contributed by atoms with Crippen molar-refractivity contribution in [3.05, 3.63) is 51.7 Å². The molecule has 1 spiro atoms. The van der Waals surface area contributed by atoms with Crippen molar-refractivity contribution >= 4 is 34.9 Å². The van der Waals surface area contributed by atoms with Crippen LogP contribution in [-0.2, 0) is 21.5 Å². The second kappa shape index (κ2) is 6.41. The third kappa shape index (κ3) is 2.78. The van der Waals surface area contributed by atoms with Gasteiger partial charge >= 0.3 is 6.03 Å². The van der Waals surface area contributed by atoms with Gasteiger partial charge in [-0.15, -0.1) is 11.3 Å². The van der Waals surface area contributed by atoms with Gasteiger partial charge in [0.05, 0.1) is 0 Å². The summed E-state index contributed by atoms with van der Waals surface area (Å²) in [6.45, 7) is -0.625. The number of carbonyl (C=O) groups is 3. The van der Waals surface area contributed by atoms with Crippen LogP contribution in [0, 0.1) is 11.6 Å². The molecule has 2 aliphatic rings. The van der Waals surface area contributed by atoms with Crippen molar-refractivity contribution in [2.75, 3.05) is 11.9 Å². The Bertz CT molecular complexity index is 941. The van der Waals surface area contributed by atoms with E-state index in [1.165, 1.54) is 17.4 Å². The zero-order valence-electron chi connectivity index (χ0n) is 14.1. The van der Waals surface area contributed by atoms with E-state index in [-0.39, 0.29) is 0 Å². The van der Waals surface area contributed by atoms with E-state index in [0.29, 0.717) is 6.42 Å². The molecule has 27 heavy (non-hydrogen) atoms. The minimum absolute atomic E-state index is 0.446. The Morgan fingerprint density at radius 1 is 1.26 bits per heavy atom. The van der Waals surface area contributed by atoms with Gasteiger partial charge in [-0.05, 0) is 42.8 Å². The van der Waals surface area contributed by atoms with E-state index in [9.17, 15) is 23.2 Å². The summed E-state index contributed by atoms with van der Waals surface area (Å²) in [5.41, 5.74) is -1.00. The molecule has 2 N–H and O–H groups in total. The lowest BCUT2D eigenvalue weighted by Crippen LogP contribution is -2.46. The van der Waals surface area contributed by atoms with Crippen molar-refractivity contribution in [1.29, 1.82) is 0 Å². The number of rotatable bonds is 3. The van der Waals surface area contributed by atoms with Crippen LogP contribution >= 0.6 is 11.3 Å². The van der Waals surface area contributed by atoms with Crippen molar-refractivity contribution in [1.82, 2.24) is 10.2 Å². The van der Waals surface area contributed by atoms with Crippen LogP contribution in [0.15, 0.2) is 29.6 Å². The number of hydrogen-bond donors (Lipinski definition) is 2. The maximum atomic E-state index is 13.7. The quantitative estimate of drug-likeness (QED) is 0.790. The molecule has 9 heteroatoms. The highest BCUT2D eigenvalue weighted by molar-refractivity contribution is 7.10. The Morgan fingerprint density at radius 2 is 2.00 bits per heavy atom. The first kappa shape index (κ1) is 17.6. The molecule has 2 heterocycles. The van der Waals surface area contributed by atoms with Crippen LogP contribution in [0.5, 0.6) is 0 Å². The molecule has 140 valence electrons. The van der Waals surface area contributed by atoms with Gasteiger partial charge in [0.2, 0.25) is 5.91 Å². The van der Waals surface area contributed by atoms with E-state index in [2.05, 4.69) is 10.6 Å². The molecule has 1 saturated heterocycles. The molecule has 1 aromatic heterocycles. The Hall–Kier alpha value is -2.81. The second-order valence-electron chi connectivity index (χ2n) is 6.48. The molecule has 4 amide bonds. The Kier molecular flexibility index (Phi) is 4.18. The van der Waals surface area contributed by atoms with Crippen LogP contribution in [0.4, 0.5) is 19.3 Å². The molecular formula is C18H15F2N3O3S. The van der Waals surface area contributed by atoms with Gasteiger partial charge in [0.25, 0.3) is 5.91 Å². The molecular weight excluding hydrogens is 376 g/mol. The van der Waals surface area contributed by atoms with Crippen LogP contribution in [0.2, 0.25) is 0 Å². The molecule has 0 radical (unpaired) electrons. The van der Waals surface area contributed by atoms with E-state index < -0.39 is 47.3 Å². The maximum absolute atomic E-state index is 13.7. The summed E-state index contributed by atoms with van der Waals surface area (Å²) in [5, 5.41) is 6.68. The lowest BCUT2D eigenvalue weighted by Gasteiger charge is -2.31. The van der Waals surface area contributed by atoms with E-state index in [1.54, 1.807) is 0 Å². The van der Waals surface area contributed by atoms with Crippen LogP contribution in [-0.4, -0.2) is 29.3 Å². The molecule has 6 nitrogen and oxygen atoms in total. The number of imide groups is 1. The highest BCUT2D eigenvalue weighted by atomic mass is 32.1. The molecule has 0 unspecified atom stereocenters. The molecule has 4 rings (SSSR count). The number of urea groups is 1. The van der Waals surface area contributed by atoms with E-state index in [1.807, 2.05) is 11.4 Å². The number of aryl methyl sites for hydroxylation is 1. The highest BCUT2D eigenvalue weighted by Crippen LogP contribution is 2.42. The fourth-order valence-corrected chi connectivity index (χ4v) is 4.62. The molecule has 1 aliphatic carbocycles. The fourth-order valence-electron chi connectivity index (χ4n) is 3.62. The van der Waals surface area contributed by atoms with Crippen LogP contribution in [0.3, 0.4) is 0 Å². The minimum Gasteiger partial charge on any atom is -0.320 e. The Balaban J connectivity index is 1.55. The van der Waals surface area contributed by atoms with Crippen LogP contribution in [0.1, 0.15) is 23.3 Å². The van der Waals surface area contributed by atoms with E-state index in [0.717, 1.165) is 40.3 Å². The van der Waals surface area contributed by atoms with Gasteiger partial charge in [-0.25, -0.2) is 13.6 Å². The summed E-state index contributed by atoms with van der Waals surface area (Å²) >= 11 is 1.52. The second-order valence-corrected chi connectivity index (χ2v) is 7.48. The molecule has 1 fully saturated rings. The predicted molar refractivity (Wildman–Crippen MR) is 94.2 cm³/mol. The van der Waals surface area contributed by atoms with E-state index >= 15 is 0 Å². The molecule has 1 aliphatic heterocycles. The van der Waals surface area contributed by atoms with Crippen LogP contribution in [0.25, 0.3) is 0 Å². The lowest BCUT2D eigenvalue weighted by atomic mass is 9.80. The number of thiophene rings is 1. The number of anilines is 1. The molecule has 0 saturated carbocycles. The largest absolute Gasteiger partial charge is 0.325 e. The number of benzene rings is 1. The highest BCUT2D eigenvalue weighted by Gasteiger charge is 2.54. The van der Waals surface area contributed by atoms with Crippen molar-refractivity contribution in [3.63, 3.8) is 0 Å². The molecule has 1 atom stereocenters. The Labute approximate surface area is 157 Å². The zero-order chi connectivity index (χ0) is 19.2. The number of fused-ring (bicyclic) bond motifs is 2. The van der Waals surface area contributed by atoms with Crippen molar-refractivity contribution in [2.24, 2.45) is 0 Å². The third-order valence-corrected chi connectivity index (χ3v) is 5.85. The lowest BCUT2D eigenvalue weighted by molar-refractivity contribution is -0.134. The summed E-state index contributed by atoms with van der Waals surface area (Å²) in [6, 6.07) is 4.30. The van der Waals surface area contributed by atoms with Gasteiger partial charge in [0, 0.05) is 10.4 Å². The Morgan fingerprint density at radius 3 is 2.74 bits per heavy atom. The summed E-state index contributed by atoms with van der Waals surface area (Å²) in [7, 11) is 0. The third-order valence-electron chi connectivity index (χ3n) is 4.87. The summed E-state index contributed by atoms with van der Waals surface area (Å²) in [5.74, 6) is -3.25. The average molecular weight is 391 g/mol. The van der Waals surface area contributed by atoms with Gasteiger partial charge in [-0.2, -0.15) is 0 Å². The first-order valence-corrected chi connectivity index (χ1v) is 9.25. The van der Waals surface area contributed by atoms with Gasteiger partial charge < -0.3 is 10.6 Å². The van der Waals surface area contributed by atoms with Crippen molar-refractivity contribution in [2.45, 2.75) is 24.8 Å². The SMILES string of the molecule is O=C(CN1C(=O)N[C@]2(CCCc3sccc32)C1=O)Nc1c(F)cccc1F. The smallest absolute Gasteiger partial charge is 0.320 e. The van der Waals surface area contributed by atoms with Crippen molar-refractivity contribution in [3.8, 4) is 0 Å². The number of para-hydroxylation sites is 1. The summed E-state index contributed by atoms with van der Waals surface area (Å²) in [6.07, 6.45) is 2.02. The van der Waals surface area contributed by atoms with Gasteiger partial charge in [0.1, 0.15) is 29.4 Å². The van der Waals surface area contributed by atoms with Crippen molar-refractivity contribution < 1.29 is 23.2 Å². The molecule has 0 bridgehead atoms. The number of hydrogen-bond acceptors (Lipinski definition) is 4. The monoisotopic (exact) mass is 391 g/mol. The molecule has 2 aromatic rings.